The van der Waals surface area contributed by atoms with Gasteiger partial charge >= 0.3 is 8.80 Å². The van der Waals surface area contributed by atoms with Crippen LogP contribution in [0.25, 0.3) is 47.4 Å². The number of nitrogens with zero attached hydrogens (tertiary/aromatic N) is 5. The van der Waals surface area contributed by atoms with E-state index in [0.29, 0.717) is 37.1 Å². The van der Waals surface area contributed by atoms with Crippen LogP contribution in [0.2, 0.25) is 0 Å². The minimum atomic E-state index is -3.52. The average Bonchev–Trinajstić information content (AvgIpc) is 3.72. The second kappa shape index (κ2) is 16.4. The number of hydrogen-bond acceptors (Lipinski definition) is 7. The molecule has 0 amide bonds. The largest absolute Gasteiger partial charge is 0.539 e. The van der Waals surface area contributed by atoms with E-state index in [1.54, 1.807) is 23.5 Å². The van der Waals surface area contributed by atoms with Gasteiger partial charge in [-0.3, -0.25) is 0 Å². The van der Waals surface area contributed by atoms with Crippen LogP contribution < -0.4 is 5.19 Å². The molecule has 0 spiro atoms. The van der Waals surface area contributed by atoms with Crippen molar-refractivity contribution in [1.29, 1.82) is 10.5 Å². The molecule has 8 nitrogen and oxygen atoms in total. The first-order valence-electron chi connectivity index (χ1n) is 17.6. The molecule has 10 heteroatoms. The quantitative estimate of drug-likeness (QED) is 0.0512. The van der Waals surface area contributed by atoms with Crippen LogP contribution in [-0.4, -0.2) is 44.7 Å². The van der Waals surface area contributed by atoms with Crippen molar-refractivity contribution >= 4 is 57.4 Å². The summed E-state index contributed by atoms with van der Waals surface area (Å²) in [5.74, 6) is 6.39. The predicted octanol–water partition coefficient (Wildman–Crippen LogP) is 8.73. The second-order valence-corrected chi connectivity index (χ2v) is 15.7. The topological polar surface area (TPSA) is 97.5 Å². The maximum absolute atomic E-state index is 10.2. The Hall–Kier alpha value is -5.30. The van der Waals surface area contributed by atoms with Crippen LogP contribution in [0.1, 0.15) is 68.4 Å². The molecule has 0 aliphatic carbocycles. The Balaban J connectivity index is 1.35. The lowest BCUT2D eigenvalue weighted by molar-refractivity contribution is 0.0858. The molecule has 6 rings (SSSR count). The lowest BCUT2D eigenvalue weighted by Gasteiger charge is -2.30. The van der Waals surface area contributed by atoms with E-state index < -0.39 is 8.80 Å². The van der Waals surface area contributed by atoms with Crippen molar-refractivity contribution in [3.8, 4) is 34.6 Å². The van der Waals surface area contributed by atoms with Crippen LogP contribution in [0.15, 0.2) is 66.7 Å². The summed E-state index contributed by atoms with van der Waals surface area (Å²) >= 11 is 1.62. The van der Waals surface area contributed by atoms with Gasteiger partial charge in [0.25, 0.3) is 0 Å². The first-order chi connectivity index (χ1) is 25.4. The second-order valence-electron chi connectivity index (χ2n) is 12.2. The van der Waals surface area contributed by atoms with E-state index in [1.807, 2.05) is 39.0 Å². The molecule has 0 N–H and O–H groups in total. The highest BCUT2D eigenvalue weighted by molar-refractivity contribution is 7.21. The molecule has 0 aliphatic rings. The fraction of sp³-hybridized carbons (Fsp3) is 0.286. The Morgan fingerprint density at radius 3 is 2.10 bits per heavy atom. The predicted molar refractivity (Wildman–Crippen MR) is 210 cm³/mol. The summed E-state index contributed by atoms with van der Waals surface area (Å²) in [7, 11) is -3.52. The number of fused-ring (bicyclic) bond motifs is 4. The minimum absolute atomic E-state index is 0.262. The number of thiazole rings is 1. The Morgan fingerprint density at radius 1 is 0.808 bits per heavy atom. The highest BCUT2D eigenvalue weighted by atomic mass is 32.1. The zero-order chi connectivity index (χ0) is 36.7. The van der Waals surface area contributed by atoms with Crippen molar-refractivity contribution in [3.05, 3.63) is 106 Å². The fourth-order valence-corrected chi connectivity index (χ4v) is 10.4. The van der Waals surface area contributed by atoms with E-state index >= 15 is 0 Å². The van der Waals surface area contributed by atoms with E-state index in [2.05, 4.69) is 76.7 Å². The number of hydrogen-bond donors (Lipinski definition) is 0. The molecular weight excluding hydrogens is 683 g/mol. The van der Waals surface area contributed by atoms with Gasteiger partial charge in [0.2, 0.25) is 6.54 Å². The number of aryl methyl sites for hydroxylation is 2. The van der Waals surface area contributed by atoms with Crippen LogP contribution >= 0.6 is 11.3 Å². The summed E-state index contributed by atoms with van der Waals surface area (Å²) < 4.78 is 21.5. The summed E-state index contributed by atoms with van der Waals surface area (Å²) in [5.41, 5.74) is 7.51. The summed E-state index contributed by atoms with van der Waals surface area (Å²) in [6.07, 6.45) is 2.93. The fourth-order valence-electron chi connectivity index (χ4n) is 6.68. The molecule has 0 fully saturated rings. The normalized spacial score (nSPS) is 11.3. The number of benzene rings is 4. The molecule has 0 atom stereocenters. The van der Waals surface area contributed by atoms with Crippen LogP contribution in [0.4, 0.5) is 0 Å². The van der Waals surface area contributed by atoms with Crippen molar-refractivity contribution in [1.82, 2.24) is 9.55 Å². The molecule has 0 saturated carbocycles. The molecule has 2 aromatic heterocycles. The molecule has 0 saturated heterocycles. The van der Waals surface area contributed by atoms with Gasteiger partial charge in [0.1, 0.15) is 5.01 Å². The smallest absolute Gasteiger partial charge is 0.370 e. The molecule has 0 unspecified atom stereocenters. The maximum atomic E-state index is 10.2. The van der Waals surface area contributed by atoms with Gasteiger partial charge in [0.15, 0.2) is 0 Å². The third-order valence-electron chi connectivity index (χ3n) is 8.79. The third kappa shape index (κ3) is 7.22. The molecule has 260 valence electrons. The molecular formula is C42H39N5O3SSi. The van der Waals surface area contributed by atoms with Gasteiger partial charge in [0.05, 0.1) is 38.7 Å². The van der Waals surface area contributed by atoms with Gasteiger partial charge < -0.3 is 22.7 Å². The third-order valence-corrected chi connectivity index (χ3v) is 13.0. The van der Waals surface area contributed by atoms with Gasteiger partial charge in [-0.2, -0.15) is 10.5 Å². The summed E-state index contributed by atoms with van der Waals surface area (Å²) in [5, 5.41) is 24.0. The summed E-state index contributed by atoms with van der Waals surface area (Å²) in [4.78, 5) is 8.56. The van der Waals surface area contributed by atoms with Crippen LogP contribution in [-0.2, 0) is 26.2 Å². The molecule has 2 heterocycles. The monoisotopic (exact) mass is 721 g/mol. The Labute approximate surface area is 310 Å². The average molecular weight is 722 g/mol. The van der Waals surface area contributed by atoms with E-state index in [1.165, 1.54) is 27.4 Å². The van der Waals surface area contributed by atoms with Gasteiger partial charge in [-0.25, -0.2) is 11.6 Å². The molecule has 0 bridgehead atoms. The van der Waals surface area contributed by atoms with E-state index in [9.17, 15) is 10.5 Å². The van der Waals surface area contributed by atoms with Crippen molar-refractivity contribution in [2.24, 2.45) is 0 Å². The SMILES string of the molecule is [C-]#[N+]CCCn1c2ccc(CCC)cc2c2cc(-c3nc4ccc(C#Cc5cc(C#N)c([Si](OCC)(OCC)OCC)c(C#N)c5)cc4s3)ccc21. The zero-order valence-electron chi connectivity index (χ0n) is 29.9. The molecule has 6 aromatic rings. The lowest BCUT2D eigenvalue weighted by Crippen LogP contribution is -2.59. The van der Waals surface area contributed by atoms with E-state index in [4.69, 9.17) is 24.8 Å². The Kier molecular flexibility index (Phi) is 11.5. The molecule has 0 aliphatic heterocycles. The highest BCUT2D eigenvalue weighted by Crippen LogP contribution is 2.36. The maximum Gasteiger partial charge on any atom is 0.539 e. The number of aromatic nitrogens is 2. The summed E-state index contributed by atoms with van der Waals surface area (Å²) in [6.45, 7) is 17.2. The van der Waals surface area contributed by atoms with Crippen molar-refractivity contribution in [3.63, 3.8) is 0 Å². The standard InChI is InChI=1S/C42H39N5O3SSi/c1-6-11-29-15-18-38-35(24-29)36-26-32(16-19-39(36)47(38)21-10-20-45-5)42-46-37-17-14-30(25-40(37)51-42)12-13-31-22-33(27-43)41(34(23-31)28-44)52(48-7-2,49-8-3)50-9-4/h14-19,22-26H,6-11,20-21H2,1-4H3. The van der Waals surface area contributed by atoms with Crippen molar-refractivity contribution in [2.75, 3.05) is 26.4 Å². The molecule has 0 radical (unpaired) electrons. The van der Waals surface area contributed by atoms with Crippen molar-refractivity contribution in [2.45, 2.75) is 53.5 Å². The van der Waals surface area contributed by atoms with Gasteiger partial charge in [-0.1, -0.05) is 31.3 Å². The van der Waals surface area contributed by atoms with E-state index in [-0.39, 0.29) is 11.1 Å². The molecule has 4 aromatic carbocycles. The molecule has 52 heavy (non-hydrogen) atoms. The van der Waals surface area contributed by atoms with Crippen LogP contribution in [0.5, 0.6) is 0 Å². The minimum Gasteiger partial charge on any atom is -0.370 e. The first-order valence-corrected chi connectivity index (χ1v) is 20.2. The lowest BCUT2D eigenvalue weighted by atomic mass is 10.0. The zero-order valence-corrected chi connectivity index (χ0v) is 31.7. The number of rotatable bonds is 13. The van der Waals surface area contributed by atoms with E-state index in [0.717, 1.165) is 52.2 Å². The van der Waals surface area contributed by atoms with Crippen LogP contribution in [0, 0.1) is 41.1 Å². The van der Waals surface area contributed by atoms with Gasteiger partial charge in [-0.15, -0.1) is 11.3 Å². The van der Waals surface area contributed by atoms with Gasteiger partial charge in [-0.05, 0) is 93.4 Å². The van der Waals surface area contributed by atoms with Gasteiger partial charge in [0, 0.05) is 71.3 Å². The van der Waals surface area contributed by atoms with Crippen LogP contribution in [0.3, 0.4) is 0 Å². The van der Waals surface area contributed by atoms with Crippen molar-refractivity contribution < 1.29 is 13.3 Å². The highest BCUT2D eigenvalue weighted by Gasteiger charge is 2.47. The summed E-state index contributed by atoms with van der Waals surface area (Å²) in [6, 6.07) is 27.1. The Bertz CT molecular complexity index is 2420. The first kappa shape index (κ1) is 36.5. The Morgan fingerprint density at radius 2 is 1.46 bits per heavy atom. The number of nitriles is 2.